The normalized spacial score (nSPS) is 10.0. The minimum atomic E-state index is -0.402. The summed E-state index contributed by atoms with van der Waals surface area (Å²) in [5, 5.41) is 0.610. The molecule has 0 bridgehead atoms. The van der Waals surface area contributed by atoms with Crippen molar-refractivity contribution in [2.75, 3.05) is 13.2 Å². The van der Waals surface area contributed by atoms with Crippen molar-refractivity contribution in [2.45, 2.75) is 0 Å². The van der Waals surface area contributed by atoms with Crippen molar-refractivity contribution in [3.8, 4) is 11.5 Å². The van der Waals surface area contributed by atoms with Crippen LogP contribution in [-0.2, 0) is 0 Å². The highest BCUT2D eigenvalue weighted by molar-refractivity contribution is 6.30. The molecular weight excluding hydrogens is 292 g/mol. The van der Waals surface area contributed by atoms with E-state index in [1.165, 1.54) is 0 Å². The van der Waals surface area contributed by atoms with Gasteiger partial charge in [-0.1, -0.05) is 29.8 Å². The Kier molecular flexibility index (Phi) is 5.43. The molecule has 0 fully saturated rings. The summed E-state index contributed by atoms with van der Waals surface area (Å²) in [4.78, 5) is 11.6. The van der Waals surface area contributed by atoms with Gasteiger partial charge in [-0.15, -0.1) is 0 Å². The summed E-state index contributed by atoms with van der Waals surface area (Å²) in [6.07, 6.45) is 0. The van der Waals surface area contributed by atoms with Crippen LogP contribution in [0.5, 0.6) is 11.5 Å². The maximum Gasteiger partial charge on any atom is 0.268 e. The lowest BCUT2D eigenvalue weighted by molar-refractivity contribution is 0.0948. The molecule has 110 valence electrons. The number of amides is 1. The second kappa shape index (κ2) is 7.52. The van der Waals surface area contributed by atoms with Crippen molar-refractivity contribution in [2.24, 2.45) is 5.84 Å². The molecule has 2 rings (SSSR count). The van der Waals surface area contributed by atoms with E-state index in [-0.39, 0.29) is 0 Å². The molecule has 0 aliphatic heterocycles. The monoisotopic (exact) mass is 306 g/mol. The number of hydrogen-bond donors (Lipinski definition) is 2. The first-order valence-corrected chi connectivity index (χ1v) is 6.69. The van der Waals surface area contributed by atoms with Gasteiger partial charge in [-0.3, -0.25) is 10.2 Å². The van der Waals surface area contributed by atoms with Gasteiger partial charge in [0.1, 0.15) is 24.7 Å². The van der Waals surface area contributed by atoms with E-state index in [0.29, 0.717) is 35.3 Å². The molecule has 0 aliphatic rings. The van der Waals surface area contributed by atoms with Gasteiger partial charge in [0.15, 0.2) is 0 Å². The van der Waals surface area contributed by atoms with Crippen LogP contribution in [0.4, 0.5) is 0 Å². The molecule has 5 nitrogen and oxygen atoms in total. The van der Waals surface area contributed by atoms with Crippen LogP contribution < -0.4 is 20.7 Å². The van der Waals surface area contributed by atoms with Gasteiger partial charge in [-0.2, -0.15) is 0 Å². The summed E-state index contributed by atoms with van der Waals surface area (Å²) in [6, 6.07) is 13.9. The van der Waals surface area contributed by atoms with E-state index < -0.39 is 5.91 Å². The van der Waals surface area contributed by atoms with Crippen LogP contribution >= 0.6 is 11.6 Å². The third-order valence-electron chi connectivity index (χ3n) is 2.67. The molecule has 0 aromatic heterocycles. The van der Waals surface area contributed by atoms with Crippen LogP contribution in [-0.4, -0.2) is 19.1 Å². The predicted octanol–water partition coefficient (Wildman–Crippen LogP) is 2.40. The highest BCUT2D eigenvalue weighted by atomic mass is 35.5. The van der Waals surface area contributed by atoms with Gasteiger partial charge in [0.25, 0.3) is 5.91 Å². The molecule has 0 heterocycles. The number of nitrogen functional groups attached to an aromatic ring is 1. The van der Waals surface area contributed by atoms with Crippen LogP contribution in [0, 0.1) is 0 Å². The summed E-state index contributed by atoms with van der Waals surface area (Å²) < 4.78 is 11.0. The molecule has 0 unspecified atom stereocenters. The largest absolute Gasteiger partial charge is 0.490 e. The van der Waals surface area contributed by atoms with Crippen LogP contribution in [0.1, 0.15) is 10.4 Å². The number of nitrogens with two attached hydrogens (primary N) is 1. The lowest BCUT2D eigenvalue weighted by Crippen LogP contribution is -2.30. The second-order valence-electron chi connectivity index (χ2n) is 4.12. The second-order valence-corrected chi connectivity index (χ2v) is 4.56. The van der Waals surface area contributed by atoms with Crippen LogP contribution in [0.2, 0.25) is 5.02 Å². The van der Waals surface area contributed by atoms with Gasteiger partial charge in [0.2, 0.25) is 0 Å². The van der Waals surface area contributed by atoms with Crippen LogP contribution in [0.3, 0.4) is 0 Å². The quantitative estimate of drug-likeness (QED) is 0.372. The Morgan fingerprint density at radius 2 is 1.86 bits per heavy atom. The number of para-hydroxylation sites is 1. The number of carbonyl (C=O) groups excluding carboxylic acids is 1. The van der Waals surface area contributed by atoms with E-state index in [2.05, 4.69) is 5.43 Å². The lowest BCUT2D eigenvalue weighted by Gasteiger charge is -2.11. The molecule has 3 N–H and O–H groups in total. The molecule has 0 spiro atoms. The molecule has 0 saturated carbocycles. The average Bonchev–Trinajstić information content (AvgIpc) is 2.51. The zero-order valence-electron chi connectivity index (χ0n) is 11.2. The summed E-state index contributed by atoms with van der Waals surface area (Å²) in [7, 11) is 0. The third kappa shape index (κ3) is 4.37. The van der Waals surface area contributed by atoms with E-state index in [4.69, 9.17) is 26.9 Å². The molecule has 2 aromatic carbocycles. The van der Waals surface area contributed by atoms with Crippen LogP contribution in [0.25, 0.3) is 0 Å². The number of benzene rings is 2. The first-order chi connectivity index (χ1) is 10.2. The molecule has 6 heteroatoms. The molecule has 0 saturated heterocycles. The fourth-order valence-electron chi connectivity index (χ4n) is 1.73. The van der Waals surface area contributed by atoms with E-state index in [1.54, 1.807) is 42.5 Å². The first-order valence-electron chi connectivity index (χ1n) is 6.32. The highest BCUT2D eigenvalue weighted by Gasteiger charge is 2.10. The summed E-state index contributed by atoms with van der Waals surface area (Å²) in [6.45, 7) is 0.625. The van der Waals surface area contributed by atoms with Gasteiger partial charge < -0.3 is 9.47 Å². The Bertz CT molecular complexity index is 619. The minimum absolute atomic E-state index is 0.293. The lowest BCUT2D eigenvalue weighted by atomic mass is 10.2. The fourth-order valence-corrected chi connectivity index (χ4v) is 1.91. The molecule has 0 radical (unpaired) electrons. The van der Waals surface area contributed by atoms with Crippen molar-refractivity contribution in [1.82, 2.24) is 5.43 Å². The molecule has 0 aliphatic carbocycles. The molecular formula is C15H15ClN2O3. The maximum atomic E-state index is 11.6. The van der Waals surface area contributed by atoms with Gasteiger partial charge in [-0.05, 0) is 30.3 Å². The van der Waals surface area contributed by atoms with Crippen LogP contribution in [0.15, 0.2) is 48.5 Å². The first kappa shape index (κ1) is 15.2. The number of rotatable bonds is 6. The van der Waals surface area contributed by atoms with E-state index in [0.717, 1.165) is 0 Å². The highest BCUT2D eigenvalue weighted by Crippen LogP contribution is 2.19. The van der Waals surface area contributed by atoms with Crippen molar-refractivity contribution in [3.05, 3.63) is 59.1 Å². The zero-order chi connectivity index (χ0) is 15.1. The fraction of sp³-hybridized carbons (Fsp3) is 0.133. The Morgan fingerprint density at radius 3 is 2.62 bits per heavy atom. The molecule has 2 aromatic rings. The molecule has 21 heavy (non-hydrogen) atoms. The SMILES string of the molecule is NNC(=O)c1ccccc1OCCOc1cccc(Cl)c1. The van der Waals surface area contributed by atoms with E-state index in [1.807, 2.05) is 6.07 Å². The Balaban J connectivity index is 1.88. The maximum absolute atomic E-state index is 11.6. The predicted molar refractivity (Wildman–Crippen MR) is 80.5 cm³/mol. The number of carbonyl (C=O) groups is 1. The number of nitrogens with one attached hydrogen (secondary N) is 1. The number of hydrazine groups is 1. The third-order valence-corrected chi connectivity index (χ3v) is 2.90. The summed E-state index contributed by atoms with van der Waals surface area (Å²) >= 11 is 5.86. The van der Waals surface area contributed by atoms with Crippen molar-refractivity contribution in [3.63, 3.8) is 0 Å². The van der Waals surface area contributed by atoms with Crippen molar-refractivity contribution < 1.29 is 14.3 Å². The van der Waals surface area contributed by atoms with Crippen molar-refractivity contribution >= 4 is 17.5 Å². The average molecular weight is 307 g/mol. The number of hydrogen-bond acceptors (Lipinski definition) is 4. The van der Waals surface area contributed by atoms with Gasteiger partial charge >= 0.3 is 0 Å². The Hall–Kier alpha value is -2.24. The summed E-state index contributed by atoms with van der Waals surface area (Å²) in [5.41, 5.74) is 2.46. The van der Waals surface area contributed by atoms with Gasteiger partial charge in [0, 0.05) is 5.02 Å². The Labute approximate surface area is 127 Å². The van der Waals surface area contributed by atoms with E-state index >= 15 is 0 Å². The van der Waals surface area contributed by atoms with E-state index in [9.17, 15) is 4.79 Å². The minimum Gasteiger partial charge on any atom is -0.490 e. The summed E-state index contributed by atoms with van der Waals surface area (Å²) in [5.74, 6) is 5.84. The number of halogens is 1. The zero-order valence-corrected chi connectivity index (χ0v) is 12.0. The topological polar surface area (TPSA) is 73.6 Å². The van der Waals surface area contributed by atoms with Gasteiger partial charge in [-0.25, -0.2) is 5.84 Å². The van der Waals surface area contributed by atoms with Gasteiger partial charge in [0.05, 0.1) is 5.56 Å². The molecule has 0 atom stereocenters. The smallest absolute Gasteiger partial charge is 0.268 e. The number of ether oxygens (including phenoxy) is 2. The Morgan fingerprint density at radius 1 is 1.10 bits per heavy atom. The van der Waals surface area contributed by atoms with Crippen molar-refractivity contribution in [1.29, 1.82) is 0 Å². The standard InChI is InChI=1S/C15H15ClN2O3/c16-11-4-3-5-12(10-11)20-8-9-21-14-7-2-1-6-13(14)15(19)18-17/h1-7,10H,8-9,17H2,(H,18,19). The molecule has 1 amide bonds.